The van der Waals surface area contributed by atoms with E-state index in [-0.39, 0.29) is 5.91 Å². The Morgan fingerprint density at radius 2 is 2.04 bits per heavy atom. The van der Waals surface area contributed by atoms with Gasteiger partial charge in [0.15, 0.2) is 0 Å². The van der Waals surface area contributed by atoms with Gasteiger partial charge in [-0.25, -0.2) is 4.98 Å². The molecule has 1 aromatic carbocycles. The summed E-state index contributed by atoms with van der Waals surface area (Å²) in [7, 11) is 1.61. The maximum Gasteiger partial charge on any atom is 0.272 e. The van der Waals surface area contributed by atoms with Gasteiger partial charge in [0.25, 0.3) is 5.91 Å². The van der Waals surface area contributed by atoms with E-state index in [0.29, 0.717) is 30.5 Å². The number of carbonyl (C=O) groups excluding carboxylic acids is 1. The van der Waals surface area contributed by atoms with Gasteiger partial charge in [-0.05, 0) is 43.2 Å². The van der Waals surface area contributed by atoms with E-state index in [0.717, 1.165) is 22.0 Å². The number of aromatic amines is 1. The highest BCUT2D eigenvalue weighted by molar-refractivity contribution is 6.06. The minimum atomic E-state index is -0.205. The van der Waals surface area contributed by atoms with E-state index in [1.807, 2.05) is 26.0 Å². The number of aromatic nitrogens is 2. The predicted octanol–water partition coefficient (Wildman–Crippen LogP) is 3.46. The molecule has 0 bridgehead atoms. The van der Waals surface area contributed by atoms with Gasteiger partial charge in [-0.3, -0.25) is 4.79 Å². The summed E-state index contributed by atoms with van der Waals surface area (Å²) in [6.07, 6.45) is 1.57. The number of H-pyrrole nitrogens is 1. The lowest BCUT2D eigenvalue weighted by molar-refractivity contribution is 0.102. The highest BCUT2D eigenvalue weighted by Crippen LogP contribution is 2.22. The molecule has 0 aliphatic rings. The fourth-order valence-corrected chi connectivity index (χ4v) is 2.69. The van der Waals surface area contributed by atoms with Gasteiger partial charge >= 0.3 is 0 Å². The summed E-state index contributed by atoms with van der Waals surface area (Å²) in [5.41, 5.74) is 4.39. The van der Waals surface area contributed by atoms with Crippen molar-refractivity contribution in [3.8, 4) is 5.88 Å². The van der Waals surface area contributed by atoms with Crippen LogP contribution in [0.2, 0.25) is 0 Å². The van der Waals surface area contributed by atoms with Crippen LogP contribution in [0.25, 0.3) is 10.9 Å². The molecule has 0 aliphatic carbocycles. The molecule has 6 heteroatoms. The molecule has 1 amide bonds. The van der Waals surface area contributed by atoms with Gasteiger partial charge < -0.3 is 19.8 Å². The number of carbonyl (C=O) groups is 1. The zero-order valence-corrected chi connectivity index (χ0v) is 14.6. The van der Waals surface area contributed by atoms with Crippen molar-refractivity contribution in [2.75, 3.05) is 25.6 Å². The van der Waals surface area contributed by atoms with Crippen LogP contribution in [0.1, 0.15) is 21.6 Å². The van der Waals surface area contributed by atoms with Gasteiger partial charge in [0.1, 0.15) is 12.3 Å². The maximum absolute atomic E-state index is 12.5. The van der Waals surface area contributed by atoms with Crippen LogP contribution in [0.5, 0.6) is 5.88 Å². The number of hydrogen-bond acceptors (Lipinski definition) is 4. The van der Waals surface area contributed by atoms with E-state index >= 15 is 0 Å². The molecule has 0 radical (unpaired) electrons. The molecule has 2 aromatic heterocycles. The molecule has 0 saturated carbocycles. The topological polar surface area (TPSA) is 76.2 Å². The molecule has 0 saturated heterocycles. The molecule has 0 fully saturated rings. The van der Waals surface area contributed by atoms with Gasteiger partial charge in [0.05, 0.1) is 18.5 Å². The number of fused-ring (bicyclic) bond motifs is 1. The molecule has 3 aromatic rings. The maximum atomic E-state index is 12.5. The summed E-state index contributed by atoms with van der Waals surface area (Å²) in [5, 5.41) is 3.89. The average molecular weight is 339 g/mol. The lowest BCUT2D eigenvalue weighted by Crippen LogP contribution is -2.12. The summed E-state index contributed by atoms with van der Waals surface area (Å²) in [5.74, 6) is 0.287. The molecule has 0 spiro atoms. The Morgan fingerprint density at radius 1 is 1.20 bits per heavy atom. The second kappa shape index (κ2) is 7.36. The fraction of sp³-hybridized carbons (Fsp3) is 0.263. The summed E-state index contributed by atoms with van der Waals surface area (Å²) >= 11 is 0. The first-order chi connectivity index (χ1) is 12.1. The third-order valence-corrected chi connectivity index (χ3v) is 3.87. The minimum Gasteiger partial charge on any atom is -0.475 e. The van der Waals surface area contributed by atoms with Crippen molar-refractivity contribution in [3.63, 3.8) is 0 Å². The van der Waals surface area contributed by atoms with Crippen LogP contribution >= 0.6 is 0 Å². The molecule has 0 atom stereocenters. The standard InChI is InChI=1S/C19H21N3O3/c1-12-8-13(2)15-10-17(22-16(15)9-12)19(23)21-14-4-5-18(20-11-14)25-7-6-24-3/h4-5,8-11,22H,6-7H2,1-3H3,(H,21,23). The highest BCUT2D eigenvalue weighted by Gasteiger charge is 2.11. The van der Waals surface area contributed by atoms with Crippen molar-refractivity contribution >= 4 is 22.5 Å². The summed E-state index contributed by atoms with van der Waals surface area (Å²) in [4.78, 5) is 19.8. The molecule has 0 unspecified atom stereocenters. The van der Waals surface area contributed by atoms with Crippen LogP contribution in [0.4, 0.5) is 5.69 Å². The molecule has 2 N–H and O–H groups in total. The Bertz CT molecular complexity index is 885. The van der Waals surface area contributed by atoms with Crippen molar-refractivity contribution in [3.05, 3.63) is 53.3 Å². The minimum absolute atomic E-state index is 0.205. The SMILES string of the molecule is COCCOc1ccc(NC(=O)c2cc3c(C)cc(C)cc3[nH]2)cn1. The molecule has 3 rings (SSSR count). The Kier molecular flexibility index (Phi) is 5.00. The number of nitrogens with zero attached hydrogens (tertiary/aromatic N) is 1. The van der Waals surface area contributed by atoms with E-state index in [1.165, 1.54) is 0 Å². The highest BCUT2D eigenvalue weighted by atomic mass is 16.5. The average Bonchev–Trinajstić information content (AvgIpc) is 3.01. The molecule has 25 heavy (non-hydrogen) atoms. The second-order valence-corrected chi connectivity index (χ2v) is 5.91. The van der Waals surface area contributed by atoms with Gasteiger partial charge in [-0.1, -0.05) is 6.07 Å². The van der Waals surface area contributed by atoms with E-state index in [1.54, 1.807) is 25.4 Å². The molecule has 130 valence electrons. The third-order valence-electron chi connectivity index (χ3n) is 3.87. The number of methoxy groups -OCH3 is 1. The van der Waals surface area contributed by atoms with E-state index in [9.17, 15) is 4.79 Å². The summed E-state index contributed by atoms with van der Waals surface area (Å²) in [6, 6.07) is 9.47. The van der Waals surface area contributed by atoms with Crippen LogP contribution in [-0.4, -0.2) is 36.2 Å². The van der Waals surface area contributed by atoms with Gasteiger partial charge in [0.2, 0.25) is 5.88 Å². The van der Waals surface area contributed by atoms with Crippen LogP contribution in [-0.2, 0) is 4.74 Å². The van der Waals surface area contributed by atoms with E-state index < -0.39 is 0 Å². The second-order valence-electron chi connectivity index (χ2n) is 5.91. The Hall–Kier alpha value is -2.86. The van der Waals surface area contributed by atoms with Crippen LogP contribution < -0.4 is 10.1 Å². The first-order valence-corrected chi connectivity index (χ1v) is 8.06. The first kappa shape index (κ1) is 17.0. The predicted molar refractivity (Wildman–Crippen MR) is 97.3 cm³/mol. The molecular formula is C19H21N3O3. The number of aryl methyl sites for hydroxylation is 2. The monoisotopic (exact) mass is 339 g/mol. The Balaban J connectivity index is 1.70. The summed E-state index contributed by atoms with van der Waals surface area (Å²) in [6.45, 7) is 5.01. The van der Waals surface area contributed by atoms with Gasteiger partial charge in [0, 0.05) is 24.1 Å². The third kappa shape index (κ3) is 3.97. The molecule has 2 heterocycles. The fourth-order valence-electron chi connectivity index (χ4n) is 2.69. The molecule has 0 aliphatic heterocycles. The molecule has 6 nitrogen and oxygen atoms in total. The van der Waals surface area contributed by atoms with E-state index in [2.05, 4.69) is 21.4 Å². The number of rotatable bonds is 6. The van der Waals surface area contributed by atoms with Crippen molar-refractivity contribution in [1.82, 2.24) is 9.97 Å². The van der Waals surface area contributed by atoms with E-state index in [4.69, 9.17) is 9.47 Å². The summed E-state index contributed by atoms with van der Waals surface area (Å²) < 4.78 is 10.3. The number of nitrogens with one attached hydrogen (secondary N) is 2. The number of hydrogen-bond donors (Lipinski definition) is 2. The van der Waals surface area contributed by atoms with Crippen LogP contribution in [0.3, 0.4) is 0 Å². The Labute approximate surface area is 146 Å². The number of pyridine rings is 1. The largest absolute Gasteiger partial charge is 0.475 e. The number of anilines is 1. The normalized spacial score (nSPS) is 10.8. The lowest BCUT2D eigenvalue weighted by Gasteiger charge is -2.06. The number of amides is 1. The first-order valence-electron chi connectivity index (χ1n) is 8.06. The number of benzene rings is 1. The molecular weight excluding hydrogens is 318 g/mol. The zero-order chi connectivity index (χ0) is 17.8. The van der Waals surface area contributed by atoms with Gasteiger partial charge in [-0.15, -0.1) is 0 Å². The quantitative estimate of drug-likeness (QED) is 0.674. The van der Waals surface area contributed by atoms with Gasteiger partial charge in [-0.2, -0.15) is 0 Å². The van der Waals surface area contributed by atoms with Crippen molar-refractivity contribution < 1.29 is 14.3 Å². The van der Waals surface area contributed by atoms with Crippen molar-refractivity contribution in [2.24, 2.45) is 0 Å². The smallest absolute Gasteiger partial charge is 0.272 e. The van der Waals surface area contributed by atoms with Crippen molar-refractivity contribution in [1.29, 1.82) is 0 Å². The Morgan fingerprint density at radius 3 is 2.76 bits per heavy atom. The van der Waals surface area contributed by atoms with Crippen molar-refractivity contribution in [2.45, 2.75) is 13.8 Å². The van der Waals surface area contributed by atoms with Crippen LogP contribution in [0, 0.1) is 13.8 Å². The number of ether oxygens (including phenoxy) is 2. The lowest BCUT2D eigenvalue weighted by atomic mass is 10.1. The zero-order valence-electron chi connectivity index (χ0n) is 14.6. The van der Waals surface area contributed by atoms with Crippen LogP contribution in [0.15, 0.2) is 36.5 Å².